The van der Waals surface area contributed by atoms with E-state index in [9.17, 15) is 0 Å². The summed E-state index contributed by atoms with van der Waals surface area (Å²) in [5, 5.41) is 1.05. The number of benzene rings is 1. The van der Waals surface area contributed by atoms with Crippen LogP contribution in [0.2, 0.25) is 0 Å². The Morgan fingerprint density at radius 1 is 0.880 bits per heavy atom. The highest BCUT2D eigenvalue weighted by Gasteiger charge is 2.07. The van der Waals surface area contributed by atoms with Gasteiger partial charge in [0.1, 0.15) is 5.82 Å². The Kier molecular flexibility index (Phi) is 4.61. The summed E-state index contributed by atoms with van der Waals surface area (Å²) < 4.78 is 4.17. The Morgan fingerprint density at radius 3 is 2.56 bits per heavy atom. The molecule has 0 fully saturated rings. The van der Waals surface area contributed by atoms with Gasteiger partial charge in [-0.1, -0.05) is 6.07 Å². The largest absolute Gasteiger partial charge is 0.330 e. The standard InChI is InChI=1S/C19H17N5S/c1-2-8-21-18(3-1)25-14-13-23-12-10-22-19(23)16-4-6-17(7-5-16)24-11-9-20-15-24/h1-12,15H,13-14H2. The number of nitrogens with zero attached hydrogens (tertiary/aromatic N) is 5. The molecule has 5 nitrogen and oxygen atoms in total. The second kappa shape index (κ2) is 7.36. The third kappa shape index (κ3) is 3.64. The van der Waals surface area contributed by atoms with E-state index in [1.54, 1.807) is 24.3 Å². The summed E-state index contributed by atoms with van der Waals surface area (Å²) in [7, 11) is 0. The number of aromatic nitrogens is 5. The zero-order valence-corrected chi connectivity index (χ0v) is 14.4. The molecule has 0 aliphatic rings. The summed E-state index contributed by atoms with van der Waals surface area (Å²) >= 11 is 1.75. The molecule has 3 aromatic heterocycles. The highest BCUT2D eigenvalue weighted by molar-refractivity contribution is 7.99. The summed E-state index contributed by atoms with van der Waals surface area (Å²) in [5.41, 5.74) is 2.20. The molecule has 0 aliphatic heterocycles. The van der Waals surface area contributed by atoms with Gasteiger partial charge in [-0.2, -0.15) is 0 Å². The fraction of sp³-hybridized carbons (Fsp3) is 0.105. The number of aryl methyl sites for hydroxylation is 1. The predicted octanol–water partition coefficient (Wildman–Crippen LogP) is 3.92. The van der Waals surface area contributed by atoms with Gasteiger partial charge in [-0.05, 0) is 36.4 Å². The minimum atomic E-state index is 0.889. The van der Waals surface area contributed by atoms with Crippen LogP contribution in [0.4, 0.5) is 0 Å². The first-order valence-corrected chi connectivity index (χ1v) is 9.02. The molecule has 0 saturated heterocycles. The van der Waals surface area contributed by atoms with E-state index in [0.717, 1.165) is 34.4 Å². The summed E-state index contributed by atoms with van der Waals surface area (Å²) in [6.45, 7) is 0.889. The maximum atomic E-state index is 4.52. The Morgan fingerprint density at radius 2 is 1.80 bits per heavy atom. The van der Waals surface area contributed by atoms with E-state index >= 15 is 0 Å². The normalized spacial score (nSPS) is 10.9. The van der Waals surface area contributed by atoms with Crippen molar-refractivity contribution in [2.45, 2.75) is 11.6 Å². The summed E-state index contributed by atoms with van der Waals surface area (Å²) in [4.78, 5) is 12.9. The van der Waals surface area contributed by atoms with Gasteiger partial charge < -0.3 is 9.13 Å². The van der Waals surface area contributed by atoms with Gasteiger partial charge in [0.2, 0.25) is 0 Å². The van der Waals surface area contributed by atoms with Crippen LogP contribution in [0.3, 0.4) is 0 Å². The van der Waals surface area contributed by atoms with E-state index in [-0.39, 0.29) is 0 Å². The fourth-order valence-corrected chi connectivity index (χ4v) is 3.43. The molecule has 0 amide bonds. The summed E-state index contributed by atoms with van der Waals surface area (Å²) in [5.74, 6) is 1.94. The van der Waals surface area contributed by atoms with Crippen LogP contribution in [-0.2, 0) is 6.54 Å². The topological polar surface area (TPSA) is 48.5 Å². The van der Waals surface area contributed by atoms with Gasteiger partial charge in [0, 0.05) is 54.5 Å². The lowest BCUT2D eigenvalue weighted by Gasteiger charge is -2.09. The first-order valence-electron chi connectivity index (χ1n) is 8.04. The van der Waals surface area contributed by atoms with Gasteiger partial charge in [-0.25, -0.2) is 15.0 Å². The molecule has 0 spiro atoms. The van der Waals surface area contributed by atoms with Crippen molar-refractivity contribution in [3.8, 4) is 17.1 Å². The molecule has 0 N–H and O–H groups in total. The number of imidazole rings is 2. The van der Waals surface area contributed by atoms with E-state index in [2.05, 4.69) is 43.8 Å². The zero-order chi connectivity index (χ0) is 16.9. The van der Waals surface area contributed by atoms with Crippen molar-refractivity contribution in [1.29, 1.82) is 0 Å². The van der Waals surface area contributed by atoms with E-state index in [1.165, 1.54) is 0 Å². The molecule has 0 radical (unpaired) electrons. The second-order valence-electron chi connectivity index (χ2n) is 5.48. The van der Waals surface area contributed by atoms with Crippen LogP contribution in [0.25, 0.3) is 17.1 Å². The van der Waals surface area contributed by atoms with Crippen molar-refractivity contribution < 1.29 is 0 Å². The first-order chi connectivity index (χ1) is 12.4. The molecule has 3 heterocycles. The van der Waals surface area contributed by atoms with E-state index in [4.69, 9.17) is 0 Å². The smallest absolute Gasteiger partial charge is 0.139 e. The van der Waals surface area contributed by atoms with Gasteiger partial charge >= 0.3 is 0 Å². The van der Waals surface area contributed by atoms with Crippen LogP contribution >= 0.6 is 11.8 Å². The molecule has 25 heavy (non-hydrogen) atoms. The third-order valence-electron chi connectivity index (χ3n) is 3.86. The van der Waals surface area contributed by atoms with Crippen molar-refractivity contribution in [1.82, 2.24) is 24.1 Å². The molecule has 1 aromatic carbocycles. The average Bonchev–Trinajstić information content (AvgIpc) is 3.35. The van der Waals surface area contributed by atoms with Gasteiger partial charge in [0.05, 0.1) is 11.4 Å². The SMILES string of the molecule is c1ccc(SCCn2ccnc2-c2ccc(-n3ccnc3)cc2)nc1. The first kappa shape index (κ1) is 15.7. The van der Waals surface area contributed by atoms with Gasteiger partial charge in [-0.3, -0.25) is 0 Å². The van der Waals surface area contributed by atoms with Crippen LogP contribution in [0, 0.1) is 0 Å². The Bertz CT molecular complexity index is 914. The number of pyridine rings is 1. The van der Waals surface area contributed by atoms with Gasteiger partial charge in [-0.15, -0.1) is 11.8 Å². The van der Waals surface area contributed by atoms with Crippen molar-refractivity contribution >= 4 is 11.8 Å². The zero-order valence-electron chi connectivity index (χ0n) is 13.6. The lowest BCUT2D eigenvalue weighted by atomic mass is 10.2. The molecule has 4 aromatic rings. The Hall–Kier alpha value is -2.86. The van der Waals surface area contributed by atoms with Crippen molar-refractivity contribution in [3.63, 3.8) is 0 Å². The van der Waals surface area contributed by atoms with Crippen LogP contribution in [0.1, 0.15) is 0 Å². The molecule has 0 aliphatic carbocycles. The van der Waals surface area contributed by atoms with Crippen molar-refractivity contribution in [3.05, 3.63) is 79.8 Å². The fourth-order valence-electron chi connectivity index (χ4n) is 2.63. The molecule has 0 atom stereocenters. The van der Waals surface area contributed by atoms with Crippen LogP contribution in [0.5, 0.6) is 0 Å². The molecular formula is C19H17N5S. The predicted molar refractivity (Wildman–Crippen MR) is 99.7 cm³/mol. The lowest BCUT2D eigenvalue weighted by molar-refractivity contribution is 0.779. The molecule has 0 unspecified atom stereocenters. The molecule has 0 bridgehead atoms. The lowest BCUT2D eigenvalue weighted by Crippen LogP contribution is -2.02. The van der Waals surface area contributed by atoms with E-state index in [0.29, 0.717) is 0 Å². The summed E-state index contributed by atoms with van der Waals surface area (Å²) in [6.07, 6.45) is 11.2. The number of thioether (sulfide) groups is 1. The monoisotopic (exact) mass is 347 g/mol. The highest BCUT2D eigenvalue weighted by Crippen LogP contribution is 2.21. The maximum absolute atomic E-state index is 4.52. The number of rotatable bonds is 6. The van der Waals surface area contributed by atoms with E-state index < -0.39 is 0 Å². The Labute approximate surface area is 150 Å². The molecule has 4 rings (SSSR count). The van der Waals surface area contributed by atoms with Crippen molar-refractivity contribution in [2.24, 2.45) is 0 Å². The molecular weight excluding hydrogens is 330 g/mol. The number of hydrogen-bond acceptors (Lipinski definition) is 4. The van der Waals surface area contributed by atoms with Gasteiger partial charge in [0.25, 0.3) is 0 Å². The average molecular weight is 347 g/mol. The minimum absolute atomic E-state index is 0.889. The second-order valence-corrected chi connectivity index (χ2v) is 6.59. The van der Waals surface area contributed by atoms with E-state index in [1.807, 2.05) is 47.6 Å². The molecule has 124 valence electrons. The minimum Gasteiger partial charge on any atom is -0.330 e. The number of hydrogen-bond donors (Lipinski definition) is 0. The maximum Gasteiger partial charge on any atom is 0.139 e. The van der Waals surface area contributed by atoms with Crippen LogP contribution in [0.15, 0.2) is 84.8 Å². The van der Waals surface area contributed by atoms with Gasteiger partial charge in [0.15, 0.2) is 0 Å². The van der Waals surface area contributed by atoms with Crippen LogP contribution in [-0.4, -0.2) is 29.8 Å². The Balaban J connectivity index is 1.46. The van der Waals surface area contributed by atoms with Crippen LogP contribution < -0.4 is 0 Å². The van der Waals surface area contributed by atoms with Crippen molar-refractivity contribution in [2.75, 3.05) is 5.75 Å². The molecule has 0 saturated carbocycles. The third-order valence-corrected chi connectivity index (χ3v) is 4.79. The summed E-state index contributed by atoms with van der Waals surface area (Å²) in [6, 6.07) is 14.3. The molecule has 6 heteroatoms. The highest BCUT2D eigenvalue weighted by atomic mass is 32.2. The quantitative estimate of drug-likeness (QED) is 0.496.